The maximum atomic E-state index is 5.15. The van der Waals surface area contributed by atoms with E-state index < -0.39 is 0 Å². The molecule has 0 radical (unpaired) electrons. The number of benzene rings is 1. The largest absolute Gasteiger partial charge is 0.497 e. The van der Waals surface area contributed by atoms with E-state index >= 15 is 0 Å². The number of aromatic nitrogens is 2. The van der Waals surface area contributed by atoms with E-state index in [2.05, 4.69) is 27.0 Å². The van der Waals surface area contributed by atoms with E-state index in [-0.39, 0.29) is 6.04 Å². The Morgan fingerprint density at radius 2 is 2.00 bits per heavy atom. The Bertz CT molecular complexity index is 481. The molecule has 1 unspecified atom stereocenters. The molecule has 1 atom stereocenters. The Kier molecular flexibility index (Phi) is 3.71. The molecule has 1 N–H and O–H groups in total. The van der Waals surface area contributed by atoms with E-state index in [1.54, 1.807) is 7.11 Å². The second kappa shape index (κ2) is 5.25. The molecular formula is C12H15N3OS. The molecular weight excluding hydrogens is 234 g/mol. The van der Waals surface area contributed by atoms with Crippen molar-refractivity contribution in [3.8, 4) is 5.75 Å². The Morgan fingerprint density at radius 1 is 1.29 bits per heavy atom. The molecule has 1 heterocycles. The third-order valence-corrected chi connectivity index (χ3v) is 3.58. The summed E-state index contributed by atoms with van der Waals surface area (Å²) in [4.78, 5) is 1.15. The molecule has 0 aliphatic rings. The number of rotatable bonds is 4. The van der Waals surface area contributed by atoms with Gasteiger partial charge >= 0.3 is 0 Å². The van der Waals surface area contributed by atoms with Crippen LogP contribution in [0.5, 0.6) is 5.75 Å². The summed E-state index contributed by atoms with van der Waals surface area (Å²) in [7, 11) is 3.61. The van der Waals surface area contributed by atoms with Gasteiger partial charge in [0.2, 0.25) is 0 Å². The third-order valence-electron chi connectivity index (χ3n) is 2.69. The highest BCUT2D eigenvalue weighted by molar-refractivity contribution is 7.05. The molecule has 17 heavy (non-hydrogen) atoms. The Labute approximate surface area is 105 Å². The molecule has 0 saturated carbocycles. The van der Waals surface area contributed by atoms with Gasteiger partial charge in [-0.3, -0.25) is 0 Å². The van der Waals surface area contributed by atoms with Crippen molar-refractivity contribution in [3.63, 3.8) is 0 Å². The molecule has 0 amide bonds. The Hall–Kier alpha value is -1.46. The summed E-state index contributed by atoms with van der Waals surface area (Å²) >= 11 is 1.43. The first-order valence-electron chi connectivity index (χ1n) is 5.36. The first-order chi connectivity index (χ1) is 8.26. The molecule has 4 nitrogen and oxygen atoms in total. The van der Waals surface area contributed by atoms with Crippen LogP contribution in [0.3, 0.4) is 0 Å². The minimum absolute atomic E-state index is 0.140. The molecule has 90 valence electrons. The normalized spacial score (nSPS) is 12.4. The Balaban J connectivity index is 2.32. The van der Waals surface area contributed by atoms with Gasteiger partial charge in [-0.05, 0) is 43.2 Å². The summed E-state index contributed by atoms with van der Waals surface area (Å²) in [5.41, 5.74) is 2.16. The summed E-state index contributed by atoms with van der Waals surface area (Å²) in [5.74, 6) is 0.864. The van der Waals surface area contributed by atoms with Crippen molar-refractivity contribution in [1.82, 2.24) is 14.9 Å². The molecule has 0 aliphatic heterocycles. The lowest BCUT2D eigenvalue weighted by molar-refractivity contribution is 0.414. The van der Waals surface area contributed by atoms with Crippen LogP contribution >= 0.6 is 11.5 Å². The van der Waals surface area contributed by atoms with Crippen LogP contribution in [0.4, 0.5) is 0 Å². The highest BCUT2D eigenvalue weighted by Gasteiger charge is 2.17. The number of ether oxygens (including phenoxy) is 1. The van der Waals surface area contributed by atoms with Gasteiger partial charge in [0.1, 0.15) is 5.75 Å². The van der Waals surface area contributed by atoms with Crippen molar-refractivity contribution in [3.05, 3.63) is 40.4 Å². The van der Waals surface area contributed by atoms with Crippen LogP contribution < -0.4 is 10.1 Å². The van der Waals surface area contributed by atoms with Crippen LogP contribution in [0.2, 0.25) is 0 Å². The van der Waals surface area contributed by atoms with Gasteiger partial charge < -0.3 is 10.1 Å². The van der Waals surface area contributed by atoms with E-state index in [9.17, 15) is 0 Å². The van der Waals surface area contributed by atoms with Crippen LogP contribution in [0.25, 0.3) is 0 Å². The van der Waals surface area contributed by atoms with Crippen molar-refractivity contribution in [2.45, 2.75) is 13.0 Å². The monoisotopic (exact) mass is 249 g/mol. The highest BCUT2D eigenvalue weighted by atomic mass is 32.1. The van der Waals surface area contributed by atoms with E-state index in [4.69, 9.17) is 4.74 Å². The second-order valence-corrected chi connectivity index (χ2v) is 4.50. The average Bonchev–Trinajstić information content (AvgIpc) is 2.78. The van der Waals surface area contributed by atoms with Crippen LogP contribution in [0.15, 0.2) is 24.3 Å². The standard InChI is InChI=1S/C12H15N3OS/c1-8-12(17-15-14-8)11(13-2)9-4-6-10(16-3)7-5-9/h4-7,11,13H,1-3H3. The lowest BCUT2D eigenvalue weighted by atomic mass is 10.0. The third kappa shape index (κ3) is 2.45. The lowest BCUT2D eigenvalue weighted by Gasteiger charge is -2.15. The fourth-order valence-electron chi connectivity index (χ4n) is 1.75. The van der Waals surface area contributed by atoms with Crippen molar-refractivity contribution in [2.24, 2.45) is 0 Å². The molecule has 0 aliphatic carbocycles. The van der Waals surface area contributed by atoms with Gasteiger partial charge in [0.05, 0.1) is 23.7 Å². The molecule has 0 fully saturated rings. The summed E-state index contributed by atoms with van der Waals surface area (Å²) in [6.45, 7) is 1.98. The summed E-state index contributed by atoms with van der Waals surface area (Å²) in [6, 6.07) is 8.17. The van der Waals surface area contributed by atoms with E-state index in [1.807, 2.05) is 26.1 Å². The van der Waals surface area contributed by atoms with E-state index in [1.165, 1.54) is 17.1 Å². The zero-order valence-electron chi connectivity index (χ0n) is 10.1. The smallest absolute Gasteiger partial charge is 0.118 e. The summed E-state index contributed by atoms with van der Waals surface area (Å²) in [6.07, 6.45) is 0. The van der Waals surface area contributed by atoms with Crippen molar-refractivity contribution < 1.29 is 4.74 Å². The van der Waals surface area contributed by atoms with E-state index in [0.717, 1.165) is 16.3 Å². The van der Waals surface area contributed by atoms with Crippen molar-refractivity contribution in [2.75, 3.05) is 14.2 Å². The van der Waals surface area contributed by atoms with Gasteiger partial charge in [-0.15, -0.1) is 5.10 Å². The number of hydrogen-bond acceptors (Lipinski definition) is 5. The van der Waals surface area contributed by atoms with Gasteiger partial charge in [0.15, 0.2) is 0 Å². The molecule has 0 spiro atoms. The van der Waals surface area contributed by atoms with Crippen LogP contribution in [0, 0.1) is 6.92 Å². The SMILES string of the molecule is CNC(c1ccc(OC)cc1)c1snnc1C. The predicted octanol–water partition coefficient (Wildman–Crippen LogP) is 2.16. The molecule has 1 aromatic carbocycles. The fourth-order valence-corrected chi connectivity index (χ4v) is 2.53. The minimum Gasteiger partial charge on any atom is -0.497 e. The number of aryl methyl sites for hydroxylation is 1. The van der Waals surface area contributed by atoms with Crippen LogP contribution in [-0.2, 0) is 0 Å². The van der Waals surface area contributed by atoms with Crippen LogP contribution in [-0.4, -0.2) is 23.7 Å². The molecule has 5 heteroatoms. The minimum atomic E-state index is 0.140. The number of nitrogens with one attached hydrogen (secondary N) is 1. The number of hydrogen-bond donors (Lipinski definition) is 1. The number of methoxy groups -OCH3 is 1. The zero-order chi connectivity index (χ0) is 12.3. The molecule has 2 aromatic rings. The maximum absolute atomic E-state index is 5.15. The summed E-state index contributed by atoms with van der Waals surface area (Å²) < 4.78 is 9.13. The predicted molar refractivity (Wildman–Crippen MR) is 68.5 cm³/mol. The van der Waals surface area contributed by atoms with Gasteiger partial charge in [-0.2, -0.15) is 0 Å². The first-order valence-corrected chi connectivity index (χ1v) is 6.13. The fraction of sp³-hybridized carbons (Fsp3) is 0.333. The highest BCUT2D eigenvalue weighted by Crippen LogP contribution is 2.27. The van der Waals surface area contributed by atoms with Crippen LogP contribution in [0.1, 0.15) is 22.2 Å². The number of nitrogens with zero attached hydrogens (tertiary/aromatic N) is 2. The van der Waals surface area contributed by atoms with Gasteiger partial charge in [0.25, 0.3) is 0 Å². The Morgan fingerprint density at radius 3 is 2.47 bits per heavy atom. The van der Waals surface area contributed by atoms with Gasteiger partial charge in [-0.1, -0.05) is 16.6 Å². The quantitative estimate of drug-likeness (QED) is 0.902. The van der Waals surface area contributed by atoms with Gasteiger partial charge in [-0.25, -0.2) is 0 Å². The molecule has 0 saturated heterocycles. The topological polar surface area (TPSA) is 47.0 Å². The average molecular weight is 249 g/mol. The summed E-state index contributed by atoms with van der Waals surface area (Å²) in [5, 5.41) is 7.34. The van der Waals surface area contributed by atoms with E-state index in [0.29, 0.717) is 0 Å². The van der Waals surface area contributed by atoms with Gasteiger partial charge in [0, 0.05) is 0 Å². The van der Waals surface area contributed by atoms with Crippen molar-refractivity contribution >= 4 is 11.5 Å². The van der Waals surface area contributed by atoms with Crippen molar-refractivity contribution in [1.29, 1.82) is 0 Å². The zero-order valence-corrected chi connectivity index (χ0v) is 10.9. The molecule has 0 bridgehead atoms. The second-order valence-electron chi connectivity index (χ2n) is 3.72. The maximum Gasteiger partial charge on any atom is 0.118 e. The molecule has 1 aromatic heterocycles. The molecule has 2 rings (SSSR count). The lowest BCUT2D eigenvalue weighted by Crippen LogP contribution is -2.17. The first kappa shape index (κ1) is 12.0.